The maximum atomic E-state index is 12.4. The van der Waals surface area contributed by atoms with Gasteiger partial charge < -0.3 is 10.0 Å². The maximum Gasteiger partial charge on any atom is 0.310 e. The Hall–Kier alpha value is -1.93. The van der Waals surface area contributed by atoms with E-state index in [0.29, 0.717) is 19.4 Å². The Morgan fingerprint density at radius 3 is 2.58 bits per heavy atom. The van der Waals surface area contributed by atoms with Gasteiger partial charge >= 0.3 is 5.97 Å². The van der Waals surface area contributed by atoms with Gasteiger partial charge in [-0.3, -0.25) is 9.59 Å². The van der Waals surface area contributed by atoms with Gasteiger partial charge in [-0.15, -0.1) is 0 Å². The summed E-state index contributed by atoms with van der Waals surface area (Å²) in [6.45, 7) is 5.03. The Labute approximate surface area is 141 Å². The number of sulfonamides is 1. The fourth-order valence-corrected chi connectivity index (χ4v) is 3.78. The summed E-state index contributed by atoms with van der Waals surface area (Å²) in [4.78, 5) is 24.5. The van der Waals surface area contributed by atoms with Gasteiger partial charge in [-0.05, 0) is 43.5 Å². The first kappa shape index (κ1) is 18.4. The third-order valence-electron chi connectivity index (χ3n) is 4.59. The van der Waals surface area contributed by atoms with Gasteiger partial charge in [0.05, 0.1) is 10.3 Å². The molecule has 8 heteroatoms. The number of nitrogens with zero attached hydrogens (tertiary/aromatic N) is 1. The SMILES string of the molecule is CC[C@](C)(CNS(=O)(=O)c1ccc2c(c1)CCN2C(C)=O)C(=O)O. The van der Waals surface area contributed by atoms with Gasteiger partial charge in [0.1, 0.15) is 0 Å². The molecule has 1 aromatic rings. The summed E-state index contributed by atoms with van der Waals surface area (Å²) in [5, 5.41) is 9.24. The molecule has 0 fully saturated rings. The molecule has 1 aromatic carbocycles. The first-order chi connectivity index (χ1) is 11.1. The first-order valence-electron chi connectivity index (χ1n) is 7.75. The highest BCUT2D eigenvalue weighted by Gasteiger charge is 2.33. The lowest BCUT2D eigenvalue weighted by molar-refractivity contribution is -0.147. The number of carbonyl (C=O) groups is 2. The molecule has 0 radical (unpaired) electrons. The summed E-state index contributed by atoms with van der Waals surface area (Å²) >= 11 is 0. The Morgan fingerprint density at radius 1 is 1.38 bits per heavy atom. The Balaban J connectivity index is 2.22. The molecule has 24 heavy (non-hydrogen) atoms. The van der Waals surface area contributed by atoms with E-state index in [9.17, 15) is 23.1 Å². The van der Waals surface area contributed by atoms with Crippen LogP contribution >= 0.6 is 0 Å². The molecule has 7 nitrogen and oxygen atoms in total. The molecule has 0 saturated carbocycles. The number of carboxylic acid groups (broad SMARTS) is 1. The van der Waals surface area contributed by atoms with Crippen molar-refractivity contribution < 1.29 is 23.1 Å². The highest BCUT2D eigenvalue weighted by atomic mass is 32.2. The number of benzene rings is 1. The molecule has 0 bridgehead atoms. The third-order valence-corrected chi connectivity index (χ3v) is 5.98. The largest absolute Gasteiger partial charge is 0.481 e. The van der Waals surface area contributed by atoms with Crippen LogP contribution in [0, 0.1) is 5.41 Å². The van der Waals surface area contributed by atoms with E-state index in [1.165, 1.54) is 19.9 Å². The molecule has 1 aliphatic heterocycles. The average Bonchev–Trinajstić information content (AvgIpc) is 2.95. The van der Waals surface area contributed by atoms with E-state index in [4.69, 9.17) is 0 Å². The minimum atomic E-state index is -3.81. The lowest BCUT2D eigenvalue weighted by Crippen LogP contribution is -2.40. The molecule has 2 N–H and O–H groups in total. The van der Waals surface area contributed by atoms with Gasteiger partial charge in [0.2, 0.25) is 15.9 Å². The van der Waals surface area contributed by atoms with Crippen molar-refractivity contribution in [2.24, 2.45) is 5.41 Å². The molecular formula is C16H22N2O5S. The normalized spacial score (nSPS) is 16.5. The van der Waals surface area contributed by atoms with Gasteiger partial charge in [-0.25, -0.2) is 13.1 Å². The van der Waals surface area contributed by atoms with Crippen LogP contribution in [0.25, 0.3) is 0 Å². The molecule has 1 amide bonds. The minimum Gasteiger partial charge on any atom is -0.481 e. The zero-order chi connectivity index (χ0) is 18.1. The van der Waals surface area contributed by atoms with Crippen molar-refractivity contribution in [1.29, 1.82) is 0 Å². The van der Waals surface area contributed by atoms with Gasteiger partial charge in [0, 0.05) is 25.7 Å². The van der Waals surface area contributed by atoms with Crippen LogP contribution in [0.4, 0.5) is 5.69 Å². The molecule has 0 spiro atoms. The molecule has 0 saturated heterocycles. The van der Waals surface area contributed by atoms with Crippen molar-refractivity contribution >= 4 is 27.6 Å². The van der Waals surface area contributed by atoms with E-state index in [2.05, 4.69) is 4.72 Å². The summed E-state index contributed by atoms with van der Waals surface area (Å²) in [6, 6.07) is 4.60. The highest BCUT2D eigenvalue weighted by molar-refractivity contribution is 7.89. The van der Waals surface area contributed by atoms with Crippen molar-refractivity contribution in [2.45, 2.75) is 38.5 Å². The van der Waals surface area contributed by atoms with Gasteiger partial charge in [0.25, 0.3) is 0 Å². The Morgan fingerprint density at radius 2 is 2.04 bits per heavy atom. The molecule has 2 rings (SSSR count). The van der Waals surface area contributed by atoms with Crippen molar-refractivity contribution in [3.8, 4) is 0 Å². The smallest absolute Gasteiger partial charge is 0.310 e. The molecular weight excluding hydrogens is 332 g/mol. The van der Waals surface area contributed by atoms with E-state index < -0.39 is 21.4 Å². The second kappa shape index (κ2) is 6.52. The molecule has 1 heterocycles. The summed E-state index contributed by atoms with van der Waals surface area (Å²) in [5.41, 5.74) is 0.366. The summed E-state index contributed by atoms with van der Waals surface area (Å²) in [5.74, 6) is -1.12. The van der Waals surface area contributed by atoms with Crippen molar-refractivity contribution in [3.05, 3.63) is 23.8 Å². The number of fused-ring (bicyclic) bond motifs is 1. The summed E-state index contributed by atoms with van der Waals surface area (Å²) in [7, 11) is -3.81. The zero-order valence-electron chi connectivity index (χ0n) is 14.0. The lowest BCUT2D eigenvalue weighted by atomic mass is 9.88. The number of amides is 1. The maximum absolute atomic E-state index is 12.4. The fourth-order valence-electron chi connectivity index (χ4n) is 2.56. The molecule has 0 aliphatic carbocycles. The van der Waals surface area contributed by atoms with Gasteiger partial charge in [-0.1, -0.05) is 6.92 Å². The Bertz CT molecular complexity index is 775. The number of rotatable bonds is 6. The zero-order valence-corrected chi connectivity index (χ0v) is 14.8. The standard InChI is InChI=1S/C16H22N2O5S/c1-4-16(3,15(20)21)10-17-24(22,23)13-5-6-14-12(9-13)7-8-18(14)11(2)19/h5-6,9,17H,4,7-8,10H2,1-3H3,(H,20,21)/t16-/m1/s1. The average molecular weight is 354 g/mol. The van der Waals surface area contributed by atoms with Crippen molar-refractivity contribution in [2.75, 3.05) is 18.0 Å². The molecule has 1 aliphatic rings. The first-order valence-corrected chi connectivity index (χ1v) is 9.23. The topological polar surface area (TPSA) is 104 Å². The van der Waals surface area contributed by atoms with E-state index in [0.717, 1.165) is 11.3 Å². The van der Waals surface area contributed by atoms with Crippen LogP contribution in [0.15, 0.2) is 23.1 Å². The number of carboxylic acids is 1. The fraction of sp³-hybridized carbons (Fsp3) is 0.500. The minimum absolute atomic E-state index is 0.0792. The third kappa shape index (κ3) is 3.44. The predicted molar refractivity (Wildman–Crippen MR) is 89.4 cm³/mol. The highest BCUT2D eigenvalue weighted by Crippen LogP contribution is 2.30. The van der Waals surface area contributed by atoms with E-state index >= 15 is 0 Å². The van der Waals surface area contributed by atoms with Crippen LogP contribution < -0.4 is 9.62 Å². The Kier molecular flexibility index (Phi) is 5.00. The monoisotopic (exact) mass is 354 g/mol. The van der Waals surface area contributed by atoms with Gasteiger partial charge in [-0.2, -0.15) is 0 Å². The quantitative estimate of drug-likeness (QED) is 0.803. The van der Waals surface area contributed by atoms with Crippen LogP contribution in [0.1, 0.15) is 32.8 Å². The number of nitrogens with one attached hydrogen (secondary N) is 1. The molecule has 132 valence electrons. The molecule has 0 unspecified atom stereocenters. The van der Waals surface area contributed by atoms with Gasteiger partial charge in [0.15, 0.2) is 0 Å². The lowest BCUT2D eigenvalue weighted by Gasteiger charge is -2.23. The molecule has 1 atom stereocenters. The second-order valence-corrected chi connectivity index (χ2v) is 8.02. The van der Waals surface area contributed by atoms with E-state index in [1.807, 2.05) is 0 Å². The van der Waals surface area contributed by atoms with Crippen LogP contribution in [-0.2, 0) is 26.0 Å². The van der Waals surface area contributed by atoms with Crippen molar-refractivity contribution in [3.63, 3.8) is 0 Å². The number of hydrogen-bond acceptors (Lipinski definition) is 4. The number of hydrogen-bond donors (Lipinski definition) is 2. The van der Waals surface area contributed by atoms with Crippen LogP contribution in [0.3, 0.4) is 0 Å². The summed E-state index contributed by atoms with van der Waals surface area (Å²) in [6.07, 6.45) is 0.905. The van der Waals surface area contributed by atoms with E-state index in [1.54, 1.807) is 24.0 Å². The van der Waals surface area contributed by atoms with Crippen LogP contribution in [0.5, 0.6) is 0 Å². The van der Waals surface area contributed by atoms with Crippen LogP contribution in [-0.4, -0.2) is 38.5 Å². The number of carbonyl (C=O) groups excluding carboxylic acids is 1. The van der Waals surface area contributed by atoms with E-state index in [-0.39, 0.29) is 17.3 Å². The number of anilines is 1. The number of aliphatic carboxylic acids is 1. The van der Waals surface area contributed by atoms with Crippen molar-refractivity contribution in [1.82, 2.24) is 4.72 Å². The van der Waals surface area contributed by atoms with Crippen LogP contribution in [0.2, 0.25) is 0 Å². The summed E-state index contributed by atoms with van der Waals surface area (Å²) < 4.78 is 27.3. The molecule has 0 aromatic heterocycles. The second-order valence-electron chi connectivity index (χ2n) is 6.26. The predicted octanol–water partition coefficient (Wildman–Crippen LogP) is 1.37.